The molecule has 4 nitrogen and oxygen atoms in total. The number of halogens is 3. The van der Waals surface area contributed by atoms with Crippen molar-refractivity contribution in [3.63, 3.8) is 0 Å². The van der Waals surface area contributed by atoms with E-state index in [4.69, 9.17) is 28.5 Å². The van der Waals surface area contributed by atoms with Gasteiger partial charge in [0.2, 0.25) is 0 Å². The van der Waals surface area contributed by atoms with Gasteiger partial charge in [-0.3, -0.25) is 4.79 Å². The molecule has 0 bridgehead atoms. The summed E-state index contributed by atoms with van der Waals surface area (Å²) < 4.78 is 13.5. The Morgan fingerprint density at radius 2 is 1.87 bits per heavy atom. The highest BCUT2D eigenvalue weighted by molar-refractivity contribution is 6.37. The second kappa shape index (κ2) is 7.14. The molecule has 7 heteroatoms. The topological polar surface area (TPSA) is 73.1 Å². The van der Waals surface area contributed by atoms with Gasteiger partial charge in [0.1, 0.15) is 17.5 Å². The molecule has 0 aliphatic rings. The molecule has 0 radical (unpaired) electrons. The smallest absolute Gasteiger partial charge is 0.266 e. The van der Waals surface area contributed by atoms with Crippen molar-refractivity contribution < 1.29 is 14.3 Å². The van der Waals surface area contributed by atoms with E-state index in [2.05, 4.69) is 5.32 Å². The molecule has 2 N–H and O–H groups in total. The standard InChI is InChI=1S/C16H9Cl2FN2O2/c17-11-6-9(7-12(18)15(11)22)5-10(8-20)16(23)21-14-4-2-1-3-13(14)19/h1-7,22H,(H,21,23)/b10-5-. The summed E-state index contributed by atoms with van der Waals surface area (Å²) in [7, 11) is 0. The maximum Gasteiger partial charge on any atom is 0.266 e. The van der Waals surface area contributed by atoms with Gasteiger partial charge >= 0.3 is 0 Å². The van der Waals surface area contributed by atoms with Crippen molar-refractivity contribution in [3.8, 4) is 11.8 Å². The molecule has 116 valence electrons. The predicted molar refractivity (Wildman–Crippen MR) is 86.7 cm³/mol. The van der Waals surface area contributed by atoms with Crippen molar-refractivity contribution in [2.75, 3.05) is 5.32 Å². The number of carbonyl (C=O) groups is 1. The summed E-state index contributed by atoms with van der Waals surface area (Å²) in [5.41, 5.74) is 0.0320. The van der Waals surface area contributed by atoms with E-state index in [1.54, 1.807) is 12.1 Å². The number of anilines is 1. The zero-order valence-corrected chi connectivity index (χ0v) is 13.0. The Morgan fingerprint density at radius 1 is 1.26 bits per heavy atom. The first kappa shape index (κ1) is 16.8. The molecule has 0 fully saturated rings. The van der Waals surface area contributed by atoms with Crippen LogP contribution in [0.1, 0.15) is 5.56 Å². The lowest BCUT2D eigenvalue weighted by atomic mass is 10.1. The lowest BCUT2D eigenvalue weighted by Gasteiger charge is -2.06. The van der Waals surface area contributed by atoms with Gasteiger partial charge in [0, 0.05) is 0 Å². The minimum absolute atomic E-state index is 0.0180. The second-order valence-electron chi connectivity index (χ2n) is 4.44. The van der Waals surface area contributed by atoms with E-state index in [1.807, 2.05) is 0 Å². The summed E-state index contributed by atoms with van der Waals surface area (Å²) in [4.78, 5) is 12.1. The maximum absolute atomic E-state index is 13.5. The van der Waals surface area contributed by atoms with Crippen LogP contribution in [-0.2, 0) is 4.79 Å². The van der Waals surface area contributed by atoms with Gasteiger partial charge in [0.05, 0.1) is 15.7 Å². The number of phenolic OH excluding ortho intramolecular Hbond substituents is 1. The van der Waals surface area contributed by atoms with Gasteiger partial charge < -0.3 is 10.4 Å². The van der Waals surface area contributed by atoms with Crippen molar-refractivity contribution in [1.82, 2.24) is 0 Å². The first-order valence-electron chi connectivity index (χ1n) is 6.28. The Labute approximate surface area is 141 Å². The number of carbonyl (C=O) groups excluding carboxylic acids is 1. The van der Waals surface area contributed by atoms with E-state index in [-0.39, 0.29) is 27.1 Å². The van der Waals surface area contributed by atoms with Crippen LogP contribution in [0, 0.1) is 17.1 Å². The molecule has 0 aliphatic carbocycles. The zero-order chi connectivity index (χ0) is 17.0. The highest BCUT2D eigenvalue weighted by Gasteiger charge is 2.13. The van der Waals surface area contributed by atoms with E-state index >= 15 is 0 Å². The van der Waals surface area contributed by atoms with E-state index in [0.29, 0.717) is 5.56 Å². The van der Waals surface area contributed by atoms with Crippen molar-refractivity contribution in [2.45, 2.75) is 0 Å². The number of hydrogen-bond acceptors (Lipinski definition) is 3. The van der Waals surface area contributed by atoms with Crippen LogP contribution in [0.3, 0.4) is 0 Å². The number of aromatic hydroxyl groups is 1. The number of nitrogens with one attached hydrogen (secondary N) is 1. The molecule has 2 aromatic rings. The van der Waals surface area contributed by atoms with Crippen LogP contribution in [0.15, 0.2) is 42.0 Å². The molecule has 23 heavy (non-hydrogen) atoms. The van der Waals surface area contributed by atoms with Crippen LogP contribution in [0.5, 0.6) is 5.75 Å². The molecule has 0 atom stereocenters. The number of nitrogens with zero attached hydrogens (tertiary/aromatic N) is 1. The van der Waals surface area contributed by atoms with Crippen molar-refractivity contribution in [1.29, 1.82) is 5.26 Å². The number of nitriles is 1. The summed E-state index contributed by atoms with van der Waals surface area (Å²) >= 11 is 11.6. The first-order chi connectivity index (χ1) is 10.9. The summed E-state index contributed by atoms with van der Waals surface area (Å²) in [5, 5.41) is 20.9. The number of amides is 1. The molecule has 0 aromatic heterocycles. The third-order valence-corrected chi connectivity index (χ3v) is 3.41. The normalized spacial score (nSPS) is 11.0. The Balaban J connectivity index is 2.31. The quantitative estimate of drug-likeness (QED) is 0.637. The number of para-hydroxylation sites is 1. The zero-order valence-electron chi connectivity index (χ0n) is 11.5. The fourth-order valence-electron chi connectivity index (χ4n) is 1.74. The first-order valence-corrected chi connectivity index (χ1v) is 7.03. The van der Waals surface area contributed by atoms with Gasteiger partial charge in [-0.25, -0.2) is 4.39 Å². The van der Waals surface area contributed by atoms with Crippen LogP contribution in [-0.4, -0.2) is 11.0 Å². The average molecular weight is 351 g/mol. The molecular weight excluding hydrogens is 342 g/mol. The molecule has 0 heterocycles. The molecule has 2 rings (SSSR count). The van der Waals surface area contributed by atoms with E-state index in [0.717, 1.165) is 0 Å². The largest absolute Gasteiger partial charge is 0.505 e. The van der Waals surface area contributed by atoms with Crippen LogP contribution in [0.2, 0.25) is 10.0 Å². The Bertz CT molecular complexity index is 821. The Hall–Kier alpha value is -2.55. The van der Waals surface area contributed by atoms with Crippen molar-refractivity contribution in [2.24, 2.45) is 0 Å². The van der Waals surface area contributed by atoms with E-state index in [1.165, 1.54) is 36.4 Å². The summed E-state index contributed by atoms with van der Waals surface area (Å²) in [6.45, 7) is 0. The lowest BCUT2D eigenvalue weighted by Crippen LogP contribution is -2.14. The molecule has 0 saturated carbocycles. The third-order valence-electron chi connectivity index (χ3n) is 2.84. The summed E-state index contributed by atoms with van der Waals surface area (Å²) in [5.74, 6) is -1.69. The number of hydrogen-bond donors (Lipinski definition) is 2. The van der Waals surface area contributed by atoms with Crippen molar-refractivity contribution >= 4 is 40.9 Å². The molecule has 0 unspecified atom stereocenters. The molecular formula is C16H9Cl2FN2O2. The van der Waals surface area contributed by atoms with Crippen LogP contribution < -0.4 is 5.32 Å². The molecule has 1 amide bonds. The summed E-state index contributed by atoms with van der Waals surface area (Å²) in [6.07, 6.45) is 1.23. The highest BCUT2D eigenvalue weighted by Crippen LogP contribution is 2.33. The molecule has 2 aromatic carbocycles. The van der Waals surface area contributed by atoms with Gasteiger partial charge in [0.25, 0.3) is 5.91 Å². The van der Waals surface area contributed by atoms with Crippen molar-refractivity contribution in [3.05, 3.63) is 63.4 Å². The Kier molecular flexibility index (Phi) is 5.22. The van der Waals surface area contributed by atoms with E-state index < -0.39 is 11.7 Å². The van der Waals surface area contributed by atoms with Gasteiger partial charge in [-0.2, -0.15) is 5.26 Å². The predicted octanol–water partition coefficient (Wildman–Crippen LogP) is 4.38. The molecule has 0 spiro atoms. The van der Waals surface area contributed by atoms with Gasteiger partial charge in [-0.15, -0.1) is 0 Å². The molecule has 0 aliphatic heterocycles. The minimum atomic E-state index is -0.780. The lowest BCUT2D eigenvalue weighted by molar-refractivity contribution is -0.112. The van der Waals surface area contributed by atoms with E-state index in [9.17, 15) is 14.3 Å². The summed E-state index contributed by atoms with van der Waals surface area (Å²) in [6, 6.07) is 9.99. The highest BCUT2D eigenvalue weighted by atomic mass is 35.5. The maximum atomic E-state index is 13.5. The SMILES string of the molecule is N#C/C(=C/c1cc(Cl)c(O)c(Cl)c1)C(=O)Nc1ccccc1F. The second-order valence-corrected chi connectivity index (χ2v) is 5.25. The van der Waals surface area contributed by atoms with Crippen LogP contribution in [0.25, 0.3) is 6.08 Å². The fourth-order valence-corrected chi connectivity index (χ4v) is 2.24. The number of benzene rings is 2. The minimum Gasteiger partial charge on any atom is -0.505 e. The van der Waals surface area contributed by atoms with Gasteiger partial charge in [0.15, 0.2) is 5.75 Å². The number of phenols is 1. The van der Waals surface area contributed by atoms with Crippen LogP contribution in [0.4, 0.5) is 10.1 Å². The van der Waals surface area contributed by atoms with Crippen LogP contribution >= 0.6 is 23.2 Å². The van der Waals surface area contributed by atoms with Gasteiger partial charge in [-0.05, 0) is 35.9 Å². The van der Waals surface area contributed by atoms with Gasteiger partial charge in [-0.1, -0.05) is 35.3 Å². The number of rotatable bonds is 3. The Morgan fingerprint density at radius 3 is 2.43 bits per heavy atom. The molecule has 0 saturated heterocycles. The average Bonchev–Trinajstić information content (AvgIpc) is 2.52. The third kappa shape index (κ3) is 4.01. The fraction of sp³-hybridized carbons (Fsp3) is 0. The monoisotopic (exact) mass is 350 g/mol.